The third-order valence-corrected chi connectivity index (χ3v) is 0.534. The molecule has 0 rings (SSSR count). The maximum atomic E-state index is 5.05. The number of nitrogens with one attached hydrogen (secondary N) is 1. The van der Waals surface area contributed by atoms with Gasteiger partial charge in [0.05, 0.1) is 0 Å². The van der Waals surface area contributed by atoms with Crippen molar-refractivity contribution >= 4 is 29.6 Å². The summed E-state index contributed by atoms with van der Waals surface area (Å²) in [5.41, 5.74) is 5.05. The maximum absolute atomic E-state index is 5.05. The summed E-state index contributed by atoms with van der Waals surface area (Å²) in [4.78, 5) is 0. The molecule has 0 radical (unpaired) electrons. The minimum absolute atomic E-state index is 0. The summed E-state index contributed by atoms with van der Waals surface area (Å²) in [5.74, 6) is 0. The molecule has 0 unspecified atom stereocenters. The van der Waals surface area contributed by atoms with E-state index in [2.05, 4.69) is 20.6 Å². The molecule has 0 spiro atoms. The van der Waals surface area contributed by atoms with Crippen LogP contribution in [-0.4, -0.2) is 42.6 Å². The molecule has 0 atom stereocenters. The molecule has 0 saturated heterocycles. The molecule has 0 amide bonds. The quantitative estimate of drug-likeness (QED) is 0.448. The molecule has 34 valence electrons. The van der Waals surface area contributed by atoms with E-state index in [9.17, 15) is 0 Å². The Morgan fingerprint density at radius 3 is 2.17 bits per heavy atom. The zero-order valence-corrected chi connectivity index (χ0v) is 4.05. The number of hydrogen-bond acceptors (Lipinski definition) is 2. The van der Waals surface area contributed by atoms with Gasteiger partial charge in [0.25, 0.3) is 0 Å². The van der Waals surface area contributed by atoms with E-state index in [1.807, 2.05) is 0 Å². The first-order valence-electron chi connectivity index (χ1n) is 1.45. The molecule has 0 bridgehead atoms. The van der Waals surface area contributed by atoms with Crippen LogP contribution in [0.2, 0.25) is 0 Å². The summed E-state index contributed by atoms with van der Waals surface area (Å²) in [5, 5.41) is 0. The Balaban J connectivity index is 0. The standard InChI is InChI=1S/C2H7N2.Mn.Na.H/c3-1-2-4;;;/h3H,1-2,4H2;;;/q-1;+1;;. The molecule has 0 aromatic heterocycles. The summed E-state index contributed by atoms with van der Waals surface area (Å²) in [6.45, 7) is 1.52. The molecule has 4 heteroatoms. The number of rotatable bonds is 2. The van der Waals surface area contributed by atoms with Gasteiger partial charge in [0.15, 0.2) is 0 Å². The third-order valence-electron chi connectivity index (χ3n) is 0.239. The second-order valence-electron chi connectivity index (χ2n) is 0.672. The van der Waals surface area contributed by atoms with Crippen LogP contribution in [0.5, 0.6) is 0 Å². The zero-order chi connectivity index (χ0) is 4.12. The third kappa shape index (κ3) is 9.06. The van der Waals surface area contributed by atoms with E-state index in [0.29, 0.717) is 6.54 Å². The van der Waals surface area contributed by atoms with E-state index in [1.165, 1.54) is 0 Å². The summed E-state index contributed by atoms with van der Waals surface area (Å²) in [6.07, 6.45) is 0. The van der Waals surface area contributed by atoms with Gasteiger partial charge in [0, 0.05) is 0 Å². The van der Waals surface area contributed by atoms with Gasteiger partial charge in [-0.3, -0.25) is 0 Å². The molecular weight excluding hydrogens is 130 g/mol. The topological polar surface area (TPSA) is 38.0 Å². The molecule has 0 fully saturated rings. The van der Waals surface area contributed by atoms with Crippen molar-refractivity contribution in [2.75, 3.05) is 13.1 Å². The second-order valence-corrected chi connectivity index (χ2v) is 1.09. The van der Waals surface area contributed by atoms with E-state index in [4.69, 9.17) is 5.73 Å². The first-order chi connectivity index (χ1) is 2.41. The Morgan fingerprint density at radius 1 is 1.67 bits per heavy atom. The number of nitrogens with two attached hydrogens (primary N) is 1. The average molecular weight is 138 g/mol. The van der Waals surface area contributed by atoms with Crippen LogP contribution in [0.3, 0.4) is 0 Å². The van der Waals surface area contributed by atoms with E-state index in [0.717, 1.165) is 6.54 Å². The average Bonchev–Trinajstić information content (AvgIpc) is 1.41. The van der Waals surface area contributed by atoms with Crippen molar-refractivity contribution in [3.05, 3.63) is 0 Å². The van der Waals surface area contributed by atoms with Crippen LogP contribution < -0.4 is 10.1 Å². The predicted molar refractivity (Wildman–Crippen MR) is 24.2 cm³/mol. The van der Waals surface area contributed by atoms with Crippen LogP contribution >= 0.6 is 0 Å². The fourth-order valence-corrected chi connectivity index (χ4v) is 0.225. The van der Waals surface area contributed by atoms with Crippen LogP contribution in [0, 0.1) is 0 Å². The van der Waals surface area contributed by atoms with E-state index in [1.54, 1.807) is 0 Å². The molecule has 0 aliphatic heterocycles. The van der Waals surface area contributed by atoms with Crippen molar-refractivity contribution in [1.82, 2.24) is 4.33 Å². The van der Waals surface area contributed by atoms with Crippen LogP contribution in [0.1, 0.15) is 0 Å². The fourth-order valence-electron chi connectivity index (χ4n) is 0.0546. The Hall–Kier alpha value is 1.44. The van der Waals surface area contributed by atoms with Crippen molar-refractivity contribution in [2.24, 2.45) is 5.73 Å². The van der Waals surface area contributed by atoms with Gasteiger partial charge in [-0.1, -0.05) is 0 Å². The Labute approximate surface area is 68.6 Å². The molecule has 6 heavy (non-hydrogen) atoms. The molecule has 0 aromatic rings. The predicted octanol–water partition coefficient (Wildman–Crippen LogP) is -1.65. The molecular formula is C2H8MnN2Na. The molecule has 0 aliphatic carbocycles. The summed E-state index contributed by atoms with van der Waals surface area (Å²) in [6, 6.07) is 0. The Bertz CT molecular complexity index is 19.0. The van der Waals surface area contributed by atoms with Gasteiger partial charge in [0.2, 0.25) is 0 Å². The summed E-state index contributed by atoms with van der Waals surface area (Å²) < 4.78 is 2.70. The molecule has 0 aromatic carbocycles. The molecule has 0 saturated carbocycles. The van der Waals surface area contributed by atoms with Crippen LogP contribution in [0.4, 0.5) is 0 Å². The van der Waals surface area contributed by atoms with Crippen LogP contribution in [0.25, 0.3) is 0 Å². The van der Waals surface area contributed by atoms with Crippen LogP contribution in [-0.2, 0) is 16.2 Å². The molecule has 0 aliphatic rings. The van der Waals surface area contributed by atoms with E-state index in [-0.39, 0.29) is 29.6 Å². The van der Waals surface area contributed by atoms with Crippen molar-refractivity contribution in [2.45, 2.75) is 0 Å². The van der Waals surface area contributed by atoms with Crippen molar-refractivity contribution in [3.8, 4) is 0 Å². The molecule has 0 heterocycles. The fraction of sp³-hybridized carbons (Fsp3) is 1.00. The van der Waals surface area contributed by atoms with Gasteiger partial charge in [-0.25, -0.2) is 0 Å². The van der Waals surface area contributed by atoms with Gasteiger partial charge < -0.3 is 0 Å². The van der Waals surface area contributed by atoms with Crippen molar-refractivity contribution in [1.29, 1.82) is 0 Å². The zero-order valence-electron chi connectivity index (χ0n) is 2.87. The minimum atomic E-state index is 0. The molecule has 3 N–H and O–H groups in total. The Morgan fingerprint density at radius 2 is 2.17 bits per heavy atom. The van der Waals surface area contributed by atoms with Gasteiger partial charge in [-0.2, -0.15) is 0 Å². The SMILES string of the molecule is NCC[NH][Mn].[NaH]. The van der Waals surface area contributed by atoms with Gasteiger partial charge in [0.1, 0.15) is 0 Å². The summed E-state index contributed by atoms with van der Waals surface area (Å²) >= 11 is 2.98. The second kappa shape index (κ2) is 9.67. The van der Waals surface area contributed by atoms with Gasteiger partial charge in [-0.15, -0.1) is 0 Å². The Kier molecular flexibility index (Phi) is 16.8. The summed E-state index contributed by atoms with van der Waals surface area (Å²) in [7, 11) is 0. The van der Waals surface area contributed by atoms with Crippen molar-refractivity contribution < 1.29 is 16.2 Å². The first-order valence-corrected chi connectivity index (χ1v) is 2.04. The first kappa shape index (κ1) is 10.4. The monoisotopic (exact) mass is 138 g/mol. The van der Waals surface area contributed by atoms with E-state index < -0.39 is 0 Å². The van der Waals surface area contributed by atoms with Crippen LogP contribution in [0.15, 0.2) is 0 Å². The van der Waals surface area contributed by atoms with E-state index >= 15 is 0 Å². The normalized spacial score (nSPS) is 7.00. The van der Waals surface area contributed by atoms with Gasteiger partial charge >= 0.3 is 68.9 Å². The van der Waals surface area contributed by atoms with Crippen molar-refractivity contribution in [3.63, 3.8) is 0 Å². The number of hydrogen-bond donors (Lipinski definition) is 2. The molecule has 2 nitrogen and oxygen atoms in total. The van der Waals surface area contributed by atoms with Gasteiger partial charge in [-0.05, 0) is 0 Å².